The Morgan fingerprint density at radius 2 is 1.88 bits per heavy atom. The molecular weight excluding hydrogens is 421 g/mol. The predicted octanol–water partition coefficient (Wildman–Crippen LogP) is 4.46. The van der Waals surface area contributed by atoms with Gasteiger partial charge in [-0.1, -0.05) is 42.0 Å². The summed E-state index contributed by atoms with van der Waals surface area (Å²) in [5, 5.41) is 2.75. The van der Waals surface area contributed by atoms with Crippen molar-refractivity contribution in [2.45, 2.75) is 20.0 Å². The first kappa shape index (κ1) is 22.0. The molecule has 0 saturated carbocycles. The normalized spacial score (nSPS) is 10.6. The summed E-state index contributed by atoms with van der Waals surface area (Å²) in [6.07, 6.45) is 3.22. The van der Waals surface area contributed by atoms with Crippen molar-refractivity contribution in [2.24, 2.45) is 0 Å². The van der Waals surface area contributed by atoms with Crippen LogP contribution in [-0.2, 0) is 13.1 Å². The van der Waals surface area contributed by atoms with Crippen LogP contribution in [0.3, 0.4) is 0 Å². The lowest BCUT2D eigenvalue weighted by molar-refractivity contribution is 0.0948. The third-order valence-corrected chi connectivity index (χ3v) is 4.97. The lowest BCUT2D eigenvalue weighted by Crippen LogP contribution is -2.32. The molecular formula is C26H22FN3O3. The summed E-state index contributed by atoms with van der Waals surface area (Å²) in [6.45, 7) is 2.57. The molecule has 0 fully saturated rings. The Bertz CT molecular complexity index is 1330. The molecule has 0 saturated heterocycles. The first-order valence-electron chi connectivity index (χ1n) is 10.4. The van der Waals surface area contributed by atoms with Crippen molar-refractivity contribution in [3.05, 3.63) is 124 Å². The van der Waals surface area contributed by atoms with Crippen molar-refractivity contribution in [3.8, 4) is 11.6 Å². The average molecular weight is 443 g/mol. The second-order valence-electron chi connectivity index (χ2n) is 7.59. The van der Waals surface area contributed by atoms with E-state index in [2.05, 4.69) is 10.3 Å². The summed E-state index contributed by atoms with van der Waals surface area (Å²) in [5.74, 6) is -0.211. The number of hydrogen-bond acceptors (Lipinski definition) is 4. The third kappa shape index (κ3) is 5.71. The largest absolute Gasteiger partial charge is 0.439 e. The van der Waals surface area contributed by atoms with Gasteiger partial charge < -0.3 is 14.6 Å². The third-order valence-electron chi connectivity index (χ3n) is 4.97. The van der Waals surface area contributed by atoms with Crippen molar-refractivity contribution in [1.29, 1.82) is 0 Å². The summed E-state index contributed by atoms with van der Waals surface area (Å²) in [4.78, 5) is 29.6. The zero-order valence-corrected chi connectivity index (χ0v) is 18.0. The number of nitrogens with one attached hydrogen (secondary N) is 1. The van der Waals surface area contributed by atoms with Crippen LogP contribution in [0.2, 0.25) is 0 Å². The van der Waals surface area contributed by atoms with Gasteiger partial charge in [-0.05, 0) is 42.3 Å². The lowest BCUT2D eigenvalue weighted by Gasteiger charge is -2.10. The van der Waals surface area contributed by atoms with Gasteiger partial charge in [0, 0.05) is 31.1 Å². The number of ether oxygens (including phenoxy) is 1. The van der Waals surface area contributed by atoms with E-state index in [4.69, 9.17) is 4.74 Å². The highest BCUT2D eigenvalue weighted by Gasteiger charge is 2.12. The minimum absolute atomic E-state index is 0.0733. The summed E-state index contributed by atoms with van der Waals surface area (Å²) in [6, 6.07) is 20.2. The van der Waals surface area contributed by atoms with Gasteiger partial charge in [0.15, 0.2) is 0 Å². The SMILES string of the molecule is Cc1cccc(Cn2cccc(C(=O)NCc3ccc(Oc4cccc(F)c4)nc3)c2=O)c1. The second-order valence-corrected chi connectivity index (χ2v) is 7.59. The molecule has 1 N–H and O–H groups in total. The second kappa shape index (κ2) is 9.91. The van der Waals surface area contributed by atoms with Crippen LogP contribution in [0.1, 0.15) is 27.0 Å². The molecule has 4 rings (SSSR count). The molecule has 0 aliphatic carbocycles. The van der Waals surface area contributed by atoms with Crippen molar-refractivity contribution >= 4 is 5.91 Å². The molecule has 2 aromatic carbocycles. The molecule has 0 bridgehead atoms. The summed E-state index contributed by atoms with van der Waals surface area (Å²) < 4.78 is 20.3. The molecule has 0 radical (unpaired) electrons. The number of carbonyl (C=O) groups is 1. The predicted molar refractivity (Wildman–Crippen MR) is 123 cm³/mol. The summed E-state index contributed by atoms with van der Waals surface area (Å²) >= 11 is 0. The molecule has 33 heavy (non-hydrogen) atoms. The van der Waals surface area contributed by atoms with Crippen molar-refractivity contribution < 1.29 is 13.9 Å². The summed E-state index contributed by atoms with van der Waals surface area (Å²) in [5.41, 5.74) is 2.54. The van der Waals surface area contributed by atoms with Gasteiger partial charge >= 0.3 is 0 Å². The quantitative estimate of drug-likeness (QED) is 0.458. The van der Waals surface area contributed by atoms with E-state index in [0.717, 1.165) is 16.7 Å². The Morgan fingerprint density at radius 1 is 1.03 bits per heavy atom. The Kier molecular flexibility index (Phi) is 6.59. The Balaban J connectivity index is 1.39. The molecule has 0 aliphatic heterocycles. The number of pyridine rings is 2. The van der Waals surface area contributed by atoms with Gasteiger partial charge in [-0.15, -0.1) is 0 Å². The number of rotatable bonds is 7. The number of aryl methyl sites for hydroxylation is 1. The average Bonchev–Trinajstić information content (AvgIpc) is 2.80. The maximum absolute atomic E-state index is 13.3. The fourth-order valence-electron chi connectivity index (χ4n) is 3.35. The van der Waals surface area contributed by atoms with Gasteiger partial charge in [0.2, 0.25) is 5.88 Å². The van der Waals surface area contributed by atoms with E-state index >= 15 is 0 Å². The minimum Gasteiger partial charge on any atom is -0.439 e. The van der Waals surface area contributed by atoms with Gasteiger partial charge in [-0.3, -0.25) is 9.59 Å². The van der Waals surface area contributed by atoms with E-state index in [0.29, 0.717) is 18.2 Å². The highest BCUT2D eigenvalue weighted by atomic mass is 19.1. The fraction of sp³-hybridized carbons (Fsp3) is 0.115. The smallest absolute Gasteiger partial charge is 0.263 e. The van der Waals surface area contributed by atoms with Crippen LogP contribution < -0.4 is 15.6 Å². The molecule has 2 heterocycles. The zero-order valence-electron chi connectivity index (χ0n) is 18.0. The van der Waals surface area contributed by atoms with Crippen LogP contribution in [0.4, 0.5) is 4.39 Å². The van der Waals surface area contributed by atoms with Crippen LogP contribution in [-0.4, -0.2) is 15.5 Å². The minimum atomic E-state index is -0.460. The van der Waals surface area contributed by atoms with Crippen LogP contribution in [0.25, 0.3) is 0 Å². The van der Waals surface area contributed by atoms with Crippen LogP contribution in [0, 0.1) is 12.7 Å². The number of hydrogen-bond donors (Lipinski definition) is 1. The van der Waals surface area contributed by atoms with Crippen LogP contribution in [0.15, 0.2) is 90.0 Å². The van der Waals surface area contributed by atoms with E-state index < -0.39 is 11.7 Å². The van der Waals surface area contributed by atoms with E-state index in [1.165, 1.54) is 22.8 Å². The molecule has 1 amide bonds. The van der Waals surface area contributed by atoms with E-state index in [9.17, 15) is 14.0 Å². The lowest BCUT2D eigenvalue weighted by atomic mass is 10.1. The molecule has 0 aliphatic rings. The van der Waals surface area contributed by atoms with E-state index in [1.54, 1.807) is 42.7 Å². The van der Waals surface area contributed by atoms with Crippen LogP contribution in [0.5, 0.6) is 11.6 Å². The standard InChI is InChI=1S/C26H22FN3O3/c1-18-5-2-6-19(13-18)17-30-12-4-9-23(26(30)32)25(31)29-16-20-10-11-24(28-15-20)33-22-8-3-7-21(27)14-22/h2-15H,16-17H2,1H3,(H,29,31). The molecule has 0 unspecified atom stereocenters. The van der Waals surface area contributed by atoms with E-state index in [-0.39, 0.29) is 17.7 Å². The molecule has 4 aromatic rings. The molecule has 7 heteroatoms. The highest BCUT2D eigenvalue weighted by molar-refractivity contribution is 5.93. The van der Waals surface area contributed by atoms with Gasteiger partial charge in [0.25, 0.3) is 11.5 Å². The monoisotopic (exact) mass is 443 g/mol. The Morgan fingerprint density at radius 3 is 2.64 bits per heavy atom. The van der Waals surface area contributed by atoms with E-state index in [1.807, 2.05) is 31.2 Å². The molecule has 166 valence electrons. The van der Waals surface area contributed by atoms with Crippen molar-refractivity contribution in [1.82, 2.24) is 14.9 Å². The maximum Gasteiger partial charge on any atom is 0.263 e. The van der Waals surface area contributed by atoms with Gasteiger partial charge in [0.1, 0.15) is 17.1 Å². The number of halogens is 1. The number of nitrogens with zero attached hydrogens (tertiary/aromatic N) is 2. The van der Waals surface area contributed by atoms with Crippen LogP contribution >= 0.6 is 0 Å². The molecule has 0 spiro atoms. The maximum atomic E-state index is 13.3. The van der Waals surface area contributed by atoms with Gasteiger partial charge in [-0.25, -0.2) is 9.37 Å². The summed E-state index contributed by atoms with van der Waals surface area (Å²) in [7, 11) is 0. The molecule has 6 nitrogen and oxygen atoms in total. The number of amides is 1. The zero-order chi connectivity index (χ0) is 23.2. The number of aromatic nitrogens is 2. The first-order valence-corrected chi connectivity index (χ1v) is 10.4. The topological polar surface area (TPSA) is 73.2 Å². The highest BCUT2D eigenvalue weighted by Crippen LogP contribution is 2.20. The van der Waals surface area contributed by atoms with Gasteiger partial charge in [-0.2, -0.15) is 0 Å². The number of benzene rings is 2. The molecule has 0 atom stereocenters. The number of carbonyl (C=O) groups excluding carboxylic acids is 1. The van der Waals surface area contributed by atoms with Gasteiger partial charge in [0.05, 0.1) is 6.54 Å². The fourth-order valence-corrected chi connectivity index (χ4v) is 3.35. The van der Waals surface area contributed by atoms with Crippen molar-refractivity contribution in [3.63, 3.8) is 0 Å². The molecule has 2 aromatic heterocycles. The first-order chi connectivity index (χ1) is 16.0. The Hall–Kier alpha value is -4.26. The van der Waals surface area contributed by atoms with Crippen molar-refractivity contribution in [2.75, 3.05) is 0 Å². The Labute approximate surface area is 190 Å².